The van der Waals surface area contributed by atoms with Crippen molar-refractivity contribution in [2.75, 3.05) is 13.2 Å². The first-order valence-corrected chi connectivity index (χ1v) is 10.2. The van der Waals surface area contributed by atoms with Crippen LogP contribution in [-0.2, 0) is 9.53 Å². The highest BCUT2D eigenvalue weighted by Gasteiger charge is 2.23. The molecule has 2 atom stereocenters. The van der Waals surface area contributed by atoms with Crippen LogP contribution in [0.4, 0.5) is 0 Å². The second-order valence-corrected chi connectivity index (χ2v) is 8.31. The summed E-state index contributed by atoms with van der Waals surface area (Å²) in [7, 11) is 0. The van der Waals surface area contributed by atoms with E-state index in [2.05, 4.69) is 4.98 Å². The van der Waals surface area contributed by atoms with Gasteiger partial charge in [0.15, 0.2) is 0 Å². The lowest BCUT2D eigenvalue weighted by Gasteiger charge is -2.14. The average molecular weight is 402 g/mol. The predicted octanol–water partition coefficient (Wildman–Crippen LogP) is 5.84. The second-order valence-electron chi connectivity index (χ2n) is 6.88. The van der Waals surface area contributed by atoms with Crippen molar-refractivity contribution >= 4 is 38.9 Å². The zero-order valence-electron chi connectivity index (χ0n) is 15.0. The molecule has 3 aromatic rings. The molecule has 1 aliphatic rings. The maximum Gasteiger partial charge on any atom is 0.279 e. The molecule has 1 saturated heterocycles. The van der Waals surface area contributed by atoms with Crippen molar-refractivity contribution in [2.45, 2.75) is 25.7 Å². The fourth-order valence-corrected chi connectivity index (χ4v) is 4.35. The molecule has 27 heavy (non-hydrogen) atoms. The Balaban J connectivity index is 1.42. The predicted molar refractivity (Wildman–Crippen MR) is 108 cm³/mol. The molecule has 0 saturated carbocycles. The Morgan fingerprint density at radius 2 is 2.15 bits per heavy atom. The summed E-state index contributed by atoms with van der Waals surface area (Å²) in [6, 6.07) is 13.3. The number of fused-ring (bicyclic) bond motifs is 1. The van der Waals surface area contributed by atoms with E-state index in [1.165, 1.54) is 11.3 Å². The number of thiazole rings is 1. The van der Waals surface area contributed by atoms with Crippen LogP contribution in [0.3, 0.4) is 0 Å². The van der Waals surface area contributed by atoms with E-state index in [0.717, 1.165) is 28.8 Å². The fourth-order valence-electron chi connectivity index (χ4n) is 3.24. The van der Waals surface area contributed by atoms with E-state index in [-0.39, 0.29) is 11.7 Å². The molecular formula is C21H20ClNO3S. The van der Waals surface area contributed by atoms with Gasteiger partial charge in [0.2, 0.25) is 0 Å². The second kappa shape index (κ2) is 7.97. The molecule has 1 aliphatic heterocycles. The van der Waals surface area contributed by atoms with E-state index in [4.69, 9.17) is 21.1 Å². The number of aromatic nitrogens is 1. The fraction of sp³-hybridized carbons (Fsp3) is 0.333. The summed E-state index contributed by atoms with van der Waals surface area (Å²) in [6.45, 7) is 3.44. The smallest absolute Gasteiger partial charge is 0.279 e. The number of hydrogen-bond donors (Lipinski definition) is 0. The molecule has 0 bridgehead atoms. The van der Waals surface area contributed by atoms with Crippen molar-refractivity contribution in [2.24, 2.45) is 5.92 Å². The molecule has 1 fully saturated rings. The first-order chi connectivity index (χ1) is 13.1. The Labute approximate surface area is 167 Å². The van der Waals surface area contributed by atoms with Crippen LogP contribution in [0.1, 0.15) is 31.2 Å². The number of ether oxygens (including phenoxy) is 2. The molecule has 0 amide bonds. The zero-order valence-corrected chi connectivity index (χ0v) is 16.6. The van der Waals surface area contributed by atoms with Crippen LogP contribution >= 0.6 is 22.9 Å². The molecule has 1 aromatic heterocycles. The topological polar surface area (TPSA) is 48.4 Å². The van der Waals surface area contributed by atoms with E-state index in [9.17, 15) is 4.79 Å². The van der Waals surface area contributed by atoms with Crippen LogP contribution in [0, 0.1) is 5.92 Å². The molecule has 2 heterocycles. The molecule has 0 radical (unpaired) electrons. The van der Waals surface area contributed by atoms with Crippen LogP contribution in [0.5, 0.6) is 10.9 Å². The maximum absolute atomic E-state index is 12.5. The van der Waals surface area contributed by atoms with Gasteiger partial charge in [0.25, 0.3) is 5.19 Å². The van der Waals surface area contributed by atoms with Crippen molar-refractivity contribution in [3.05, 3.63) is 53.1 Å². The van der Waals surface area contributed by atoms with E-state index >= 15 is 0 Å². The molecular weight excluding hydrogens is 382 g/mol. The molecule has 0 N–H and O–H groups in total. The van der Waals surface area contributed by atoms with Gasteiger partial charge >= 0.3 is 0 Å². The number of ketones is 1. The van der Waals surface area contributed by atoms with Crippen molar-refractivity contribution in [1.82, 2.24) is 4.98 Å². The van der Waals surface area contributed by atoms with Gasteiger partial charge in [0.05, 0.1) is 10.2 Å². The largest absolute Gasteiger partial charge is 0.431 e. The number of halogens is 1. The minimum Gasteiger partial charge on any atom is -0.431 e. The van der Waals surface area contributed by atoms with E-state index in [1.54, 1.807) is 0 Å². The summed E-state index contributed by atoms with van der Waals surface area (Å²) >= 11 is 7.47. The first-order valence-electron chi connectivity index (χ1n) is 9.03. The monoisotopic (exact) mass is 401 g/mol. The quantitative estimate of drug-likeness (QED) is 0.520. The lowest BCUT2D eigenvalue weighted by molar-refractivity contribution is -0.121. The molecule has 0 spiro atoms. The highest BCUT2D eigenvalue weighted by atomic mass is 35.5. The summed E-state index contributed by atoms with van der Waals surface area (Å²) in [5.74, 6) is 1.22. The lowest BCUT2D eigenvalue weighted by atomic mass is 9.90. The zero-order chi connectivity index (χ0) is 18.8. The normalized spacial score (nSPS) is 17.9. The van der Waals surface area contributed by atoms with Gasteiger partial charge in [-0.15, -0.1) is 0 Å². The lowest BCUT2D eigenvalue weighted by Crippen LogP contribution is -2.14. The molecule has 2 unspecified atom stereocenters. The molecule has 4 nitrogen and oxygen atoms in total. The number of nitrogens with zero attached hydrogens (tertiary/aromatic N) is 1. The molecule has 2 aromatic carbocycles. The summed E-state index contributed by atoms with van der Waals surface area (Å²) in [5.41, 5.74) is 1.87. The maximum atomic E-state index is 12.5. The third-order valence-corrected chi connectivity index (χ3v) is 6.04. The third-order valence-electron chi connectivity index (χ3n) is 4.91. The van der Waals surface area contributed by atoms with E-state index < -0.39 is 0 Å². The number of carbonyl (C=O) groups is 1. The van der Waals surface area contributed by atoms with E-state index in [0.29, 0.717) is 34.9 Å². The summed E-state index contributed by atoms with van der Waals surface area (Å²) in [4.78, 5) is 17.0. The Morgan fingerprint density at radius 3 is 2.89 bits per heavy atom. The van der Waals surface area contributed by atoms with Gasteiger partial charge < -0.3 is 9.47 Å². The van der Waals surface area contributed by atoms with Gasteiger partial charge in [-0.3, -0.25) is 4.79 Å². The van der Waals surface area contributed by atoms with Crippen LogP contribution in [0.25, 0.3) is 10.2 Å². The molecule has 4 rings (SSSR count). The molecule has 0 aliphatic carbocycles. The van der Waals surface area contributed by atoms with Crippen LogP contribution in [0.2, 0.25) is 5.02 Å². The van der Waals surface area contributed by atoms with Crippen molar-refractivity contribution in [1.29, 1.82) is 0 Å². The van der Waals surface area contributed by atoms with Gasteiger partial charge in [0.1, 0.15) is 11.5 Å². The van der Waals surface area contributed by atoms with Crippen LogP contribution < -0.4 is 4.74 Å². The Hall–Kier alpha value is -1.95. The number of rotatable bonds is 6. The first kappa shape index (κ1) is 18.4. The minimum absolute atomic E-state index is 0.121. The van der Waals surface area contributed by atoms with Crippen molar-refractivity contribution in [3.8, 4) is 10.9 Å². The number of benzene rings is 2. The standard InChI is InChI=1S/C21H20ClNO3S/c1-13(19(24)10-14-8-9-25-12-14)15-2-5-17(6-3-15)26-21-23-18-7-4-16(22)11-20(18)27-21/h2-7,11,13-14H,8-10,12H2,1H3. The number of hydrogen-bond acceptors (Lipinski definition) is 5. The third kappa shape index (κ3) is 4.32. The van der Waals surface area contributed by atoms with Gasteiger partial charge in [-0.25, -0.2) is 4.98 Å². The Bertz CT molecular complexity index is 948. The van der Waals surface area contributed by atoms with Gasteiger partial charge in [-0.2, -0.15) is 0 Å². The summed E-state index contributed by atoms with van der Waals surface area (Å²) < 4.78 is 12.2. The van der Waals surface area contributed by atoms with Gasteiger partial charge in [-0.05, 0) is 48.2 Å². The van der Waals surface area contributed by atoms with E-state index in [1.807, 2.05) is 49.4 Å². The Kier molecular flexibility index (Phi) is 5.43. The highest BCUT2D eigenvalue weighted by Crippen LogP contribution is 2.33. The van der Waals surface area contributed by atoms with Crippen molar-refractivity contribution in [3.63, 3.8) is 0 Å². The Morgan fingerprint density at radius 1 is 1.33 bits per heavy atom. The average Bonchev–Trinajstić information content (AvgIpc) is 3.30. The van der Waals surface area contributed by atoms with Crippen LogP contribution in [0.15, 0.2) is 42.5 Å². The summed E-state index contributed by atoms with van der Waals surface area (Å²) in [5, 5.41) is 1.26. The summed E-state index contributed by atoms with van der Waals surface area (Å²) in [6.07, 6.45) is 1.58. The highest BCUT2D eigenvalue weighted by molar-refractivity contribution is 7.20. The van der Waals surface area contributed by atoms with Crippen LogP contribution in [-0.4, -0.2) is 24.0 Å². The van der Waals surface area contributed by atoms with Crippen molar-refractivity contribution < 1.29 is 14.3 Å². The van der Waals surface area contributed by atoms with Gasteiger partial charge in [-0.1, -0.05) is 42.0 Å². The molecule has 6 heteroatoms. The SMILES string of the molecule is CC(C(=O)CC1CCOC1)c1ccc(Oc2nc3ccc(Cl)cc3s2)cc1. The van der Waals surface area contributed by atoms with Gasteiger partial charge in [0, 0.05) is 30.6 Å². The number of Topliss-reactive ketones (excluding diaryl/α,β-unsaturated/α-hetero) is 1. The number of carbonyl (C=O) groups excluding carboxylic acids is 1. The minimum atomic E-state index is -0.121. The molecule has 140 valence electrons.